The number of hydrogen-bond donors (Lipinski definition) is 3. The molecule has 0 unspecified atom stereocenters. The van der Waals surface area contributed by atoms with E-state index in [1.54, 1.807) is 30.3 Å². The highest BCUT2D eigenvalue weighted by molar-refractivity contribution is 5.99. The number of nitrogens with one attached hydrogen (secondary N) is 3. The molecule has 0 aliphatic heterocycles. The third-order valence-electron chi connectivity index (χ3n) is 2.96. The van der Waals surface area contributed by atoms with Gasteiger partial charge in [0.1, 0.15) is 11.6 Å². The van der Waals surface area contributed by atoms with Crippen LogP contribution in [0, 0.1) is 5.82 Å². The predicted octanol–water partition coefficient (Wildman–Crippen LogP) is 1.83. The lowest BCUT2D eigenvalue weighted by Crippen LogP contribution is -2.34. The largest absolute Gasteiger partial charge is 0.355 e. The van der Waals surface area contributed by atoms with Crippen molar-refractivity contribution in [2.45, 2.75) is 6.92 Å². The summed E-state index contributed by atoms with van der Waals surface area (Å²) in [5.74, 6) is -0.699. The highest BCUT2D eigenvalue weighted by Crippen LogP contribution is 2.20. The molecule has 1 aromatic heterocycles. The lowest BCUT2D eigenvalue weighted by Gasteiger charge is -2.11. The van der Waals surface area contributed by atoms with E-state index < -0.39 is 5.82 Å². The first-order valence-corrected chi connectivity index (χ1v) is 7.07. The van der Waals surface area contributed by atoms with Crippen LogP contribution in [-0.4, -0.2) is 29.9 Å². The zero-order valence-electron chi connectivity index (χ0n) is 12.6. The van der Waals surface area contributed by atoms with Crippen molar-refractivity contribution in [2.75, 3.05) is 18.4 Å². The van der Waals surface area contributed by atoms with Crippen LogP contribution in [0.15, 0.2) is 42.6 Å². The maximum Gasteiger partial charge on any atom is 0.255 e. The van der Waals surface area contributed by atoms with Gasteiger partial charge >= 0.3 is 0 Å². The molecule has 23 heavy (non-hydrogen) atoms. The molecule has 6 nitrogen and oxygen atoms in total. The second-order valence-corrected chi connectivity index (χ2v) is 4.74. The predicted molar refractivity (Wildman–Crippen MR) is 84.9 cm³/mol. The molecule has 2 aromatic rings. The summed E-state index contributed by atoms with van der Waals surface area (Å²) < 4.78 is 13.7. The number of pyridine rings is 1. The number of nitrogens with zero attached hydrogens (tertiary/aromatic N) is 1. The fraction of sp³-hybridized carbons (Fsp3) is 0.188. The van der Waals surface area contributed by atoms with Crippen LogP contribution in [-0.2, 0) is 4.79 Å². The monoisotopic (exact) mass is 316 g/mol. The van der Waals surface area contributed by atoms with Gasteiger partial charge in [0.25, 0.3) is 5.91 Å². The Bertz CT molecular complexity index is 706. The summed E-state index contributed by atoms with van der Waals surface area (Å²) in [6.07, 6.45) is 1.51. The van der Waals surface area contributed by atoms with Crippen LogP contribution >= 0.6 is 0 Å². The molecule has 7 heteroatoms. The van der Waals surface area contributed by atoms with Crippen LogP contribution in [0.25, 0.3) is 0 Å². The van der Waals surface area contributed by atoms with Crippen LogP contribution in [0.3, 0.4) is 0 Å². The highest BCUT2D eigenvalue weighted by Gasteiger charge is 2.13. The minimum atomic E-state index is -0.435. The summed E-state index contributed by atoms with van der Waals surface area (Å²) in [4.78, 5) is 27.0. The molecule has 0 saturated carbocycles. The van der Waals surface area contributed by atoms with E-state index in [0.717, 1.165) is 0 Å². The van der Waals surface area contributed by atoms with E-state index >= 15 is 0 Å². The van der Waals surface area contributed by atoms with E-state index in [-0.39, 0.29) is 29.9 Å². The topological polar surface area (TPSA) is 83.1 Å². The molecule has 0 saturated heterocycles. The normalized spacial score (nSPS) is 10.0. The summed E-state index contributed by atoms with van der Waals surface area (Å²) in [5, 5.41) is 8.06. The van der Waals surface area contributed by atoms with E-state index in [4.69, 9.17) is 0 Å². The van der Waals surface area contributed by atoms with Crippen molar-refractivity contribution in [3.8, 4) is 0 Å². The third-order valence-corrected chi connectivity index (χ3v) is 2.96. The minimum Gasteiger partial charge on any atom is -0.355 e. The molecule has 0 bridgehead atoms. The Morgan fingerprint density at radius 1 is 1.09 bits per heavy atom. The van der Waals surface area contributed by atoms with Gasteiger partial charge in [0, 0.05) is 26.2 Å². The molecule has 2 rings (SSSR count). The molecule has 0 spiro atoms. The number of aromatic nitrogens is 1. The second-order valence-electron chi connectivity index (χ2n) is 4.74. The SMILES string of the molecule is CC(=O)NCCNC(=O)c1cccnc1Nc1ccccc1F. The van der Waals surface area contributed by atoms with Gasteiger partial charge in [0.05, 0.1) is 11.3 Å². The van der Waals surface area contributed by atoms with Crippen molar-refractivity contribution < 1.29 is 14.0 Å². The molecule has 0 aliphatic carbocycles. The second kappa shape index (κ2) is 7.88. The van der Waals surface area contributed by atoms with E-state index in [9.17, 15) is 14.0 Å². The highest BCUT2D eigenvalue weighted by atomic mass is 19.1. The van der Waals surface area contributed by atoms with Crippen molar-refractivity contribution in [1.29, 1.82) is 0 Å². The average Bonchev–Trinajstić information content (AvgIpc) is 2.54. The van der Waals surface area contributed by atoms with Crippen molar-refractivity contribution in [2.24, 2.45) is 0 Å². The van der Waals surface area contributed by atoms with Crippen molar-refractivity contribution in [3.63, 3.8) is 0 Å². The Hall–Kier alpha value is -2.96. The van der Waals surface area contributed by atoms with Crippen LogP contribution in [0.5, 0.6) is 0 Å². The van der Waals surface area contributed by atoms with Crippen molar-refractivity contribution in [3.05, 3.63) is 54.0 Å². The fourth-order valence-electron chi connectivity index (χ4n) is 1.89. The van der Waals surface area contributed by atoms with Crippen LogP contribution in [0.2, 0.25) is 0 Å². The van der Waals surface area contributed by atoms with Gasteiger partial charge in [-0.25, -0.2) is 9.37 Å². The molecule has 1 heterocycles. The molecule has 0 aliphatic rings. The van der Waals surface area contributed by atoms with Gasteiger partial charge in [0.15, 0.2) is 0 Å². The number of hydrogen-bond acceptors (Lipinski definition) is 4. The Morgan fingerprint density at radius 2 is 1.83 bits per heavy atom. The summed E-state index contributed by atoms with van der Waals surface area (Å²) in [5.41, 5.74) is 0.525. The molecule has 0 radical (unpaired) electrons. The Labute approximate surface area is 133 Å². The average molecular weight is 316 g/mol. The number of anilines is 2. The number of carbonyl (C=O) groups is 2. The molecular weight excluding hydrogens is 299 g/mol. The molecular formula is C16H17FN4O2. The Morgan fingerprint density at radius 3 is 2.57 bits per heavy atom. The van der Waals surface area contributed by atoms with Gasteiger partial charge in [-0.2, -0.15) is 0 Å². The molecule has 0 fully saturated rings. The number of halogens is 1. The minimum absolute atomic E-state index is 0.164. The van der Waals surface area contributed by atoms with E-state index in [0.29, 0.717) is 12.1 Å². The number of amides is 2. The van der Waals surface area contributed by atoms with Crippen LogP contribution in [0.4, 0.5) is 15.9 Å². The van der Waals surface area contributed by atoms with Gasteiger partial charge in [-0.3, -0.25) is 9.59 Å². The third kappa shape index (κ3) is 4.77. The maximum atomic E-state index is 13.7. The van der Waals surface area contributed by atoms with Gasteiger partial charge in [-0.1, -0.05) is 12.1 Å². The lowest BCUT2D eigenvalue weighted by atomic mass is 10.2. The summed E-state index contributed by atoms with van der Waals surface area (Å²) >= 11 is 0. The Kier molecular flexibility index (Phi) is 5.62. The summed E-state index contributed by atoms with van der Waals surface area (Å²) in [6.45, 7) is 2.02. The first kappa shape index (κ1) is 16.4. The zero-order valence-corrected chi connectivity index (χ0v) is 12.6. The standard InChI is InChI=1S/C16H17FN4O2/c1-11(22)18-9-10-20-16(23)12-5-4-8-19-15(12)21-14-7-3-2-6-13(14)17/h2-8H,9-10H2,1H3,(H,18,22)(H,19,21)(H,20,23). The smallest absolute Gasteiger partial charge is 0.255 e. The first-order chi connectivity index (χ1) is 11.1. The molecule has 0 atom stereocenters. The summed E-state index contributed by atoms with van der Waals surface area (Å²) in [6, 6.07) is 9.34. The quantitative estimate of drug-likeness (QED) is 0.710. The van der Waals surface area contributed by atoms with E-state index in [1.165, 1.54) is 19.2 Å². The van der Waals surface area contributed by atoms with Crippen LogP contribution in [0.1, 0.15) is 17.3 Å². The zero-order chi connectivity index (χ0) is 16.7. The number of rotatable bonds is 6. The molecule has 2 amide bonds. The van der Waals surface area contributed by atoms with Crippen molar-refractivity contribution in [1.82, 2.24) is 15.6 Å². The van der Waals surface area contributed by atoms with Crippen molar-refractivity contribution >= 4 is 23.3 Å². The molecule has 120 valence electrons. The lowest BCUT2D eigenvalue weighted by molar-refractivity contribution is -0.118. The van der Waals surface area contributed by atoms with E-state index in [2.05, 4.69) is 20.9 Å². The molecule has 1 aromatic carbocycles. The number of carbonyl (C=O) groups excluding carboxylic acids is 2. The van der Waals surface area contributed by atoms with Gasteiger partial charge in [-0.15, -0.1) is 0 Å². The first-order valence-electron chi connectivity index (χ1n) is 7.07. The van der Waals surface area contributed by atoms with Gasteiger partial charge in [-0.05, 0) is 24.3 Å². The number of para-hydroxylation sites is 1. The number of benzene rings is 1. The van der Waals surface area contributed by atoms with E-state index in [1.807, 2.05) is 0 Å². The van der Waals surface area contributed by atoms with Gasteiger partial charge < -0.3 is 16.0 Å². The summed E-state index contributed by atoms with van der Waals surface area (Å²) in [7, 11) is 0. The van der Waals surface area contributed by atoms with Crippen LogP contribution < -0.4 is 16.0 Å². The van der Waals surface area contributed by atoms with Gasteiger partial charge in [0.2, 0.25) is 5.91 Å². The fourth-order valence-corrected chi connectivity index (χ4v) is 1.89. The Balaban J connectivity index is 2.06. The molecule has 3 N–H and O–H groups in total. The maximum absolute atomic E-state index is 13.7.